The summed E-state index contributed by atoms with van der Waals surface area (Å²) < 4.78 is 23.2. The number of aryl methyl sites for hydroxylation is 3. The highest BCUT2D eigenvalue weighted by Gasteiger charge is 2.26. The van der Waals surface area contributed by atoms with Crippen molar-refractivity contribution in [1.29, 1.82) is 0 Å². The van der Waals surface area contributed by atoms with Crippen molar-refractivity contribution in [2.45, 2.75) is 52.1 Å². The summed E-state index contributed by atoms with van der Waals surface area (Å²) in [7, 11) is 0. The van der Waals surface area contributed by atoms with E-state index in [0.717, 1.165) is 47.6 Å². The van der Waals surface area contributed by atoms with Crippen LogP contribution in [0, 0.1) is 6.92 Å². The number of carbonyl (C=O) groups is 1. The Labute approximate surface area is 218 Å². The second kappa shape index (κ2) is 11.3. The first-order chi connectivity index (χ1) is 18.0. The maximum atomic E-state index is 11.1. The Hall–Kier alpha value is -3.51. The fourth-order valence-electron chi connectivity index (χ4n) is 5.38. The molecule has 0 amide bonds. The number of benzene rings is 3. The lowest BCUT2D eigenvalue weighted by molar-refractivity contribution is -0.137. The van der Waals surface area contributed by atoms with Crippen LogP contribution >= 0.6 is 0 Å². The van der Waals surface area contributed by atoms with E-state index in [0.29, 0.717) is 33.0 Å². The van der Waals surface area contributed by atoms with Gasteiger partial charge in [-0.2, -0.15) is 0 Å². The van der Waals surface area contributed by atoms with E-state index in [4.69, 9.17) is 24.1 Å². The number of aliphatic carboxylic acids is 1. The van der Waals surface area contributed by atoms with Gasteiger partial charge in [-0.1, -0.05) is 18.2 Å². The first-order valence-corrected chi connectivity index (χ1v) is 13.1. The third kappa shape index (κ3) is 5.75. The molecule has 3 aromatic carbocycles. The number of hydrogen-bond donors (Lipinski definition) is 1. The summed E-state index contributed by atoms with van der Waals surface area (Å²) in [5.41, 5.74) is 8.54. The van der Waals surface area contributed by atoms with Crippen LogP contribution in [0.1, 0.15) is 53.5 Å². The van der Waals surface area contributed by atoms with Crippen molar-refractivity contribution >= 4 is 5.97 Å². The average Bonchev–Trinajstić information content (AvgIpc) is 3.16. The Morgan fingerprint density at radius 1 is 1.00 bits per heavy atom. The molecule has 5 rings (SSSR count). The summed E-state index contributed by atoms with van der Waals surface area (Å²) in [6.07, 6.45) is 3.25. The molecular weight excluding hydrogens is 468 g/mol. The van der Waals surface area contributed by atoms with Gasteiger partial charge < -0.3 is 24.1 Å². The van der Waals surface area contributed by atoms with Gasteiger partial charge >= 0.3 is 5.97 Å². The molecule has 0 saturated heterocycles. The lowest BCUT2D eigenvalue weighted by atomic mass is 9.91. The topological polar surface area (TPSA) is 74.2 Å². The van der Waals surface area contributed by atoms with Crippen LogP contribution in [-0.4, -0.2) is 37.5 Å². The second-order valence-corrected chi connectivity index (χ2v) is 9.76. The average molecular weight is 503 g/mol. The lowest BCUT2D eigenvalue weighted by Gasteiger charge is -2.17. The molecule has 6 nitrogen and oxygen atoms in total. The third-order valence-corrected chi connectivity index (χ3v) is 7.12. The van der Waals surface area contributed by atoms with Crippen LogP contribution in [0.2, 0.25) is 0 Å². The molecule has 0 fully saturated rings. The Morgan fingerprint density at radius 2 is 1.86 bits per heavy atom. The molecule has 0 unspecified atom stereocenters. The van der Waals surface area contributed by atoms with E-state index in [1.165, 1.54) is 27.8 Å². The highest BCUT2D eigenvalue weighted by Crippen LogP contribution is 2.40. The van der Waals surface area contributed by atoms with Gasteiger partial charge in [0.1, 0.15) is 30.5 Å². The molecule has 0 radical (unpaired) electrons. The molecule has 37 heavy (non-hydrogen) atoms. The van der Waals surface area contributed by atoms with Gasteiger partial charge in [0.2, 0.25) is 0 Å². The Balaban J connectivity index is 1.32. The van der Waals surface area contributed by atoms with E-state index in [-0.39, 0.29) is 12.3 Å². The van der Waals surface area contributed by atoms with Gasteiger partial charge in [-0.15, -0.1) is 0 Å². The SMILES string of the molecule is CCOCCOc1cc(C)c2c(c1)CCCc1ccc(COc3ccc4c(c3)OC[C@H]4CC(=O)O)cc1-2. The van der Waals surface area contributed by atoms with Crippen molar-refractivity contribution in [3.05, 3.63) is 76.3 Å². The minimum Gasteiger partial charge on any atom is -0.492 e. The third-order valence-electron chi connectivity index (χ3n) is 7.12. The van der Waals surface area contributed by atoms with Crippen molar-refractivity contribution in [1.82, 2.24) is 0 Å². The van der Waals surface area contributed by atoms with Gasteiger partial charge in [0.25, 0.3) is 0 Å². The van der Waals surface area contributed by atoms with E-state index in [2.05, 4.69) is 37.3 Å². The van der Waals surface area contributed by atoms with Crippen molar-refractivity contribution in [3.63, 3.8) is 0 Å². The molecule has 1 heterocycles. The maximum absolute atomic E-state index is 11.1. The standard InChI is InChI=1S/C31H34O6/c1-3-34-11-12-35-26-13-20(2)31-23(15-26)6-4-5-22-8-7-21(14-28(22)31)18-36-25-9-10-27-24(16-30(32)33)19-37-29(27)17-25/h7-10,13-15,17,24H,3-6,11-12,16,18-19H2,1-2H3,(H,32,33)/t24-/m1/s1. The first-order valence-electron chi connectivity index (χ1n) is 13.1. The number of carboxylic acids is 1. The predicted molar refractivity (Wildman–Crippen MR) is 142 cm³/mol. The molecule has 0 bridgehead atoms. The van der Waals surface area contributed by atoms with E-state index in [9.17, 15) is 4.79 Å². The van der Waals surface area contributed by atoms with Crippen LogP contribution in [0.5, 0.6) is 17.2 Å². The number of ether oxygens (including phenoxy) is 4. The number of carboxylic acid groups (broad SMARTS) is 1. The van der Waals surface area contributed by atoms with Crippen molar-refractivity contribution in [2.75, 3.05) is 26.4 Å². The number of fused-ring (bicyclic) bond motifs is 4. The molecule has 0 spiro atoms. The van der Waals surface area contributed by atoms with Crippen molar-refractivity contribution in [3.8, 4) is 28.4 Å². The molecule has 1 aliphatic heterocycles. The zero-order valence-corrected chi connectivity index (χ0v) is 21.5. The van der Waals surface area contributed by atoms with Gasteiger partial charge in [0, 0.05) is 24.2 Å². The summed E-state index contributed by atoms with van der Waals surface area (Å²) in [5, 5.41) is 9.12. The Kier molecular flexibility index (Phi) is 7.65. The lowest BCUT2D eigenvalue weighted by Crippen LogP contribution is -2.07. The van der Waals surface area contributed by atoms with E-state index in [1.807, 2.05) is 25.1 Å². The normalized spacial score (nSPS) is 15.7. The van der Waals surface area contributed by atoms with Crippen LogP contribution in [0.4, 0.5) is 0 Å². The fraction of sp³-hybridized carbons (Fsp3) is 0.387. The Bertz CT molecular complexity index is 1280. The van der Waals surface area contributed by atoms with Crippen molar-refractivity contribution in [2.24, 2.45) is 0 Å². The van der Waals surface area contributed by atoms with Gasteiger partial charge in [-0.3, -0.25) is 4.79 Å². The predicted octanol–water partition coefficient (Wildman–Crippen LogP) is 6.10. The molecular formula is C31H34O6. The van der Waals surface area contributed by atoms with Gasteiger partial charge in [-0.25, -0.2) is 0 Å². The molecule has 0 aromatic heterocycles. The molecule has 194 valence electrons. The zero-order chi connectivity index (χ0) is 25.8. The quantitative estimate of drug-likeness (QED) is 0.338. The van der Waals surface area contributed by atoms with E-state index >= 15 is 0 Å². The smallest absolute Gasteiger partial charge is 0.304 e. The summed E-state index contributed by atoms with van der Waals surface area (Å²) in [6, 6.07) is 16.7. The van der Waals surface area contributed by atoms with E-state index < -0.39 is 5.97 Å². The minimum absolute atomic E-state index is 0.0735. The summed E-state index contributed by atoms with van der Waals surface area (Å²) >= 11 is 0. The van der Waals surface area contributed by atoms with Crippen LogP contribution < -0.4 is 14.2 Å². The molecule has 1 N–H and O–H groups in total. The number of hydrogen-bond acceptors (Lipinski definition) is 5. The minimum atomic E-state index is -0.813. The second-order valence-electron chi connectivity index (χ2n) is 9.76. The maximum Gasteiger partial charge on any atom is 0.304 e. The molecule has 1 aliphatic carbocycles. The van der Waals surface area contributed by atoms with Crippen LogP contribution in [0.3, 0.4) is 0 Å². The Morgan fingerprint density at radius 3 is 2.70 bits per heavy atom. The summed E-state index contributed by atoms with van der Waals surface area (Å²) in [5.74, 6) is 1.42. The molecule has 1 atom stereocenters. The zero-order valence-electron chi connectivity index (χ0n) is 21.5. The molecule has 0 saturated carbocycles. The van der Waals surface area contributed by atoms with Gasteiger partial charge in [0.05, 0.1) is 19.6 Å². The van der Waals surface area contributed by atoms with Crippen LogP contribution in [0.15, 0.2) is 48.5 Å². The van der Waals surface area contributed by atoms with Gasteiger partial charge in [-0.05, 0) is 90.8 Å². The van der Waals surface area contributed by atoms with Crippen molar-refractivity contribution < 1.29 is 28.8 Å². The van der Waals surface area contributed by atoms with Crippen LogP contribution in [0.25, 0.3) is 11.1 Å². The number of rotatable bonds is 10. The highest BCUT2D eigenvalue weighted by molar-refractivity contribution is 5.76. The van der Waals surface area contributed by atoms with Gasteiger partial charge in [0.15, 0.2) is 0 Å². The first kappa shape index (κ1) is 25.2. The fourth-order valence-corrected chi connectivity index (χ4v) is 5.38. The molecule has 3 aromatic rings. The largest absolute Gasteiger partial charge is 0.492 e. The molecule has 6 heteroatoms. The summed E-state index contributed by atoms with van der Waals surface area (Å²) in [4.78, 5) is 11.1. The monoisotopic (exact) mass is 502 g/mol. The van der Waals surface area contributed by atoms with Crippen LogP contribution in [-0.2, 0) is 29.0 Å². The van der Waals surface area contributed by atoms with E-state index in [1.54, 1.807) is 0 Å². The molecule has 2 aliphatic rings. The summed E-state index contributed by atoms with van der Waals surface area (Å²) in [6.45, 7) is 6.84. The highest BCUT2D eigenvalue weighted by atomic mass is 16.5.